The molecule has 0 radical (unpaired) electrons. The van der Waals surface area contributed by atoms with Crippen LogP contribution in [0, 0.1) is 0 Å². The van der Waals surface area contributed by atoms with Crippen molar-refractivity contribution in [3.8, 4) is 11.5 Å². The van der Waals surface area contributed by atoms with E-state index in [9.17, 15) is 4.79 Å². The molecule has 0 atom stereocenters. The number of hydrogen-bond acceptors (Lipinski definition) is 6. The van der Waals surface area contributed by atoms with Gasteiger partial charge in [0, 0.05) is 32.4 Å². The molecule has 3 heterocycles. The van der Waals surface area contributed by atoms with Gasteiger partial charge in [-0.2, -0.15) is 0 Å². The van der Waals surface area contributed by atoms with Crippen LogP contribution in [0.15, 0.2) is 36.5 Å². The summed E-state index contributed by atoms with van der Waals surface area (Å²) >= 11 is 5.94. The molecule has 1 aromatic heterocycles. The van der Waals surface area contributed by atoms with Crippen LogP contribution in [-0.4, -0.2) is 61.7 Å². The maximum Gasteiger partial charge on any atom is 0.234 e. The van der Waals surface area contributed by atoms with Crippen LogP contribution >= 0.6 is 11.6 Å². The first kappa shape index (κ1) is 21.3. The number of fused-ring (bicyclic) bond motifs is 1. The normalized spacial score (nSPS) is 20.2. The molecule has 5 rings (SSSR count). The molecular formula is C24H29ClN4O3. The van der Waals surface area contributed by atoms with Crippen LogP contribution in [0.3, 0.4) is 0 Å². The van der Waals surface area contributed by atoms with E-state index in [1.807, 2.05) is 18.2 Å². The summed E-state index contributed by atoms with van der Waals surface area (Å²) < 4.78 is 11.5. The predicted octanol–water partition coefficient (Wildman–Crippen LogP) is 3.21. The third kappa shape index (κ3) is 4.50. The second kappa shape index (κ2) is 9.16. The fourth-order valence-electron chi connectivity index (χ4n) is 5.01. The fraction of sp³-hybridized carbons (Fsp3) is 0.500. The van der Waals surface area contributed by atoms with Crippen LogP contribution in [0.4, 0.5) is 5.82 Å². The standard InChI is InChI=1S/C24H29ClN4O3/c25-19-4-6-22(26-16-19)29-11-9-28(10-12-29)17-23(30)27-24(7-1-2-8-24)18-3-5-20-21(15-18)32-14-13-31-20/h3-6,15-16H,1-2,7-14,17H2,(H,27,30). The van der Waals surface area contributed by atoms with Crippen LogP contribution < -0.4 is 19.7 Å². The average Bonchev–Trinajstić information content (AvgIpc) is 3.29. The van der Waals surface area contributed by atoms with Crippen LogP contribution in [0.25, 0.3) is 0 Å². The molecule has 3 aliphatic rings. The summed E-state index contributed by atoms with van der Waals surface area (Å²) in [6.45, 7) is 4.89. The molecule has 170 valence electrons. The average molecular weight is 457 g/mol. The number of hydrogen-bond donors (Lipinski definition) is 1. The Bertz CT molecular complexity index is 954. The Kier molecular flexibility index (Phi) is 6.11. The van der Waals surface area contributed by atoms with Gasteiger partial charge in [-0.1, -0.05) is 30.5 Å². The lowest BCUT2D eigenvalue weighted by Crippen LogP contribution is -2.52. The van der Waals surface area contributed by atoms with Crippen LogP contribution in [-0.2, 0) is 10.3 Å². The van der Waals surface area contributed by atoms with Crippen molar-refractivity contribution in [2.45, 2.75) is 31.2 Å². The largest absolute Gasteiger partial charge is 0.486 e. The van der Waals surface area contributed by atoms with Crippen molar-refractivity contribution in [2.24, 2.45) is 0 Å². The molecule has 1 aliphatic carbocycles. The summed E-state index contributed by atoms with van der Waals surface area (Å²) in [5, 5.41) is 4.04. The third-order valence-electron chi connectivity index (χ3n) is 6.71. The number of ether oxygens (including phenoxy) is 2. The summed E-state index contributed by atoms with van der Waals surface area (Å²) in [4.78, 5) is 21.9. The molecular weight excluding hydrogens is 428 g/mol. The molecule has 2 fully saturated rings. The Balaban J connectivity index is 1.20. The van der Waals surface area contributed by atoms with Crippen LogP contribution in [0.1, 0.15) is 31.2 Å². The van der Waals surface area contributed by atoms with E-state index in [-0.39, 0.29) is 11.4 Å². The second-order valence-electron chi connectivity index (χ2n) is 8.79. The highest BCUT2D eigenvalue weighted by molar-refractivity contribution is 6.30. The van der Waals surface area contributed by atoms with E-state index >= 15 is 0 Å². The molecule has 1 saturated heterocycles. The lowest BCUT2D eigenvalue weighted by atomic mass is 9.87. The molecule has 2 aliphatic heterocycles. The SMILES string of the molecule is O=C(CN1CCN(c2ccc(Cl)cn2)CC1)NC1(c2ccc3c(c2)OCCO3)CCCC1. The Morgan fingerprint density at radius 1 is 1.03 bits per heavy atom. The highest BCUT2D eigenvalue weighted by atomic mass is 35.5. The molecule has 2 aromatic rings. The number of pyridine rings is 1. The van der Waals surface area contributed by atoms with E-state index in [4.69, 9.17) is 21.1 Å². The molecule has 0 bridgehead atoms. The molecule has 1 aromatic carbocycles. The number of aromatic nitrogens is 1. The number of nitrogens with one attached hydrogen (secondary N) is 1. The first-order valence-corrected chi connectivity index (χ1v) is 11.8. The number of anilines is 1. The van der Waals surface area contributed by atoms with Gasteiger partial charge >= 0.3 is 0 Å². The van der Waals surface area contributed by atoms with Gasteiger partial charge in [0.2, 0.25) is 5.91 Å². The number of nitrogens with zero attached hydrogens (tertiary/aromatic N) is 3. The van der Waals surface area contributed by atoms with E-state index in [1.54, 1.807) is 6.20 Å². The summed E-state index contributed by atoms with van der Waals surface area (Å²) in [6, 6.07) is 9.92. The van der Waals surface area contributed by atoms with Crippen molar-refractivity contribution in [3.05, 3.63) is 47.1 Å². The Morgan fingerprint density at radius 3 is 2.50 bits per heavy atom. The minimum absolute atomic E-state index is 0.0832. The minimum atomic E-state index is -0.317. The van der Waals surface area contributed by atoms with Crippen molar-refractivity contribution < 1.29 is 14.3 Å². The molecule has 1 saturated carbocycles. The molecule has 7 nitrogen and oxygen atoms in total. The number of piperazine rings is 1. The lowest BCUT2D eigenvalue weighted by molar-refractivity contribution is -0.124. The molecule has 1 N–H and O–H groups in total. The Hall–Kier alpha value is -2.51. The van der Waals surface area contributed by atoms with Gasteiger partial charge in [-0.3, -0.25) is 9.69 Å². The zero-order chi connectivity index (χ0) is 22.0. The smallest absolute Gasteiger partial charge is 0.234 e. The number of amides is 1. The van der Waals surface area contributed by atoms with Crippen molar-refractivity contribution in [2.75, 3.05) is 50.8 Å². The number of carbonyl (C=O) groups is 1. The Labute approximate surface area is 193 Å². The van der Waals surface area contributed by atoms with Crippen molar-refractivity contribution in [1.29, 1.82) is 0 Å². The molecule has 8 heteroatoms. The quantitative estimate of drug-likeness (QED) is 0.745. The maximum absolute atomic E-state index is 13.1. The molecule has 1 amide bonds. The summed E-state index contributed by atoms with van der Waals surface area (Å²) in [7, 11) is 0. The van der Waals surface area contributed by atoms with Gasteiger partial charge in [-0.25, -0.2) is 4.98 Å². The lowest BCUT2D eigenvalue weighted by Gasteiger charge is -2.36. The zero-order valence-corrected chi connectivity index (χ0v) is 18.9. The fourth-order valence-corrected chi connectivity index (χ4v) is 5.12. The summed E-state index contributed by atoms with van der Waals surface area (Å²) in [5.74, 6) is 2.58. The minimum Gasteiger partial charge on any atom is -0.486 e. The highest BCUT2D eigenvalue weighted by Crippen LogP contribution is 2.42. The van der Waals surface area contributed by atoms with Gasteiger partial charge in [0.1, 0.15) is 19.0 Å². The van der Waals surface area contributed by atoms with Gasteiger partial charge < -0.3 is 19.7 Å². The Morgan fingerprint density at radius 2 is 1.78 bits per heavy atom. The first-order valence-electron chi connectivity index (χ1n) is 11.4. The predicted molar refractivity (Wildman–Crippen MR) is 124 cm³/mol. The summed E-state index contributed by atoms with van der Waals surface area (Å²) in [6.07, 6.45) is 5.81. The topological polar surface area (TPSA) is 66.9 Å². The molecule has 32 heavy (non-hydrogen) atoms. The van der Waals surface area contributed by atoms with Gasteiger partial charge in [0.05, 0.1) is 17.1 Å². The molecule has 0 spiro atoms. The third-order valence-corrected chi connectivity index (χ3v) is 6.93. The van der Waals surface area contributed by atoms with E-state index in [1.165, 1.54) is 0 Å². The monoisotopic (exact) mass is 456 g/mol. The van der Waals surface area contributed by atoms with Crippen molar-refractivity contribution in [3.63, 3.8) is 0 Å². The van der Waals surface area contributed by atoms with Crippen LogP contribution in [0.5, 0.6) is 11.5 Å². The van der Waals surface area contributed by atoms with Gasteiger partial charge in [0.25, 0.3) is 0 Å². The summed E-state index contributed by atoms with van der Waals surface area (Å²) in [5.41, 5.74) is 0.799. The van der Waals surface area contributed by atoms with Crippen molar-refractivity contribution in [1.82, 2.24) is 15.2 Å². The number of rotatable bonds is 5. The van der Waals surface area contributed by atoms with E-state index in [2.05, 4.69) is 32.2 Å². The molecule has 0 unspecified atom stereocenters. The van der Waals surface area contributed by atoms with E-state index < -0.39 is 0 Å². The number of benzene rings is 1. The number of carbonyl (C=O) groups excluding carboxylic acids is 1. The maximum atomic E-state index is 13.1. The van der Waals surface area contributed by atoms with Gasteiger partial charge in [0.15, 0.2) is 11.5 Å². The number of halogens is 1. The zero-order valence-electron chi connectivity index (χ0n) is 18.2. The van der Waals surface area contributed by atoms with Crippen LogP contribution in [0.2, 0.25) is 5.02 Å². The second-order valence-corrected chi connectivity index (χ2v) is 9.23. The highest BCUT2D eigenvalue weighted by Gasteiger charge is 2.38. The van der Waals surface area contributed by atoms with Gasteiger partial charge in [-0.05, 0) is 42.7 Å². The van der Waals surface area contributed by atoms with Crippen molar-refractivity contribution >= 4 is 23.3 Å². The van der Waals surface area contributed by atoms with E-state index in [0.29, 0.717) is 24.8 Å². The first-order chi connectivity index (χ1) is 15.6. The van der Waals surface area contributed by atoms with E-state index in [0.717, 1.165) is 74.7 Å². The van der Waals surface area contributed by atoms with Gasteiger partial charge in [-0.15, -0.1) is 0 Å².